The van der Waals surface area contributed by atoms with Gasteiger partial charge in [-0.1, -0.05) is 19.9 Å². The number of nitrogens with zero attached hydrogens (tertiary/aromatic N) is 1. The summed E-state index contributed by atoms with van der Waals surface area (Å²) in [5.41, 5.74) is 2.08. The largest absolute Gasteiger partial charge is 0.477 e. The lowest BCUT2D eigenvalue weighted by Gasteiger charge is -2.02. The number of aromatic carboxylic acids is 1. The van der Waals surface area contributed by atoms with E-state index in [4.69, 9.17) is 0 Å². The Kier molecular flexibility index (Phi) is 3.66. The molecule has 1 heterocycles. The number of hydrogen-bond donors (Lipinski definition) is 1. The van der Waals surface area contributed by atoms with Gasteiger partial charge in [-0.05, 0) is 30.5 Å². The van der Waals surface area contributed by atoms with E-state index in [1.807, 2.05) is 20.8 Å². The number of rotatable bonds is 3. The van der Waals surface area contributed by atoms with Gasteiger partial charge in [-0.2, -0.15) is 0 Å². The van der Waals surface area contributed by atoms with Gasteiger partial charge in [0, 0.05) is 5.56 Å². The summed E-state index contributed by atoms with van der Waals surface area (Å²) in [5, 5.41) is 9.75. The van der Waals surface area contributed by atoms with E-state index in [2.05, 4.69) is 4.98 Å². The van der Waals surface area contributed by atoms with Crippen LogP contribution in [-0.4, -0.2) is 16.1 Å². The predicted octanol–water partition coefficient (Wildman–Crippen LogP) is 4.08. The van der Waals surface area contributed by atoms with Crippen LogP contribution in [0.25, 0.3) is 10.6 Å². The van der Waals surface area contributed by atoms with Crippen LogP contribution in [0, 0.1) is 12.7 Å². The van der Waals surface area contributed by atoms with Crippen molar-refractivity contribution in [3.05, 3.63) is 40.2 Å². The second-order valence-electron chi connectivity index (χ2n) is 4.65. The predicted molar refractivity (Wildman–Crippen MR) is 73.3 cm³/mol. The van der Waals surface area contributed by atoms with Crippen molar-refractivity contribution in [1.29, 1.82) is 0 Å². The van der Waals surface area contributed by atoms with Crippen molar-refractivity contribution >= 4 is 17.3 Å². The smallest absolute Gasteiger partial charge is 0.347 e. The van der Waals surface area contributed by atoms with Gasteiger partial charge in [0.15, 0.2) is 0 Å². The molecule has 100 valence electrons. The molecule has 19 heavy (non-hydrogen) atoms. The Morgan fingerprint density at radius 2 is 2.11 bits per heavy atom. The van der Waals surface area contributed by atoms with Gasteiger partial charge in [0.1, 0.15) is 15.7 Å². The fraction of sp³-hybridized carbons (Fsp3) is 0.286. The normalized spacial score (nSPS) is 11.0. The zero-order valence-electron chi connectivity index (χ0n) is 10.9. The van der Waals surface area contributed by atoms with Gasteiger partial charge in [0.25, 0.3) is 0 Å². The molecule has 0 unspecified atom stereocenters. The Morgan fingerprint density at radius 1 is 1.42 bits per heavy atom. The Morgan fingerprint density at radius 3 is 2.63 bits per heavy atom. The highest BCUT2D eigenvalue weighted by Crippen LogP contribution is 2.33. The van der Waals surface area contributed by atoms with Crippen molar-refractivity contribution in [1.82, 2.24) is 4.98 Å². The van der Waals surface area contributed by atoms with Crippen LogP contribution in [0.4, 0.5) is 4.39 Å². The van der Waals surface area contributed by atoms with E-state index < -0.39 is 5.97 Å². The quantitative estimate of drug-likeness (QED) is 0.921. The highest BCUT2D eigenvalue weighted by Gasteiger charge is 2.21. The Bertz CT molecular complexity index is 634. The number of carboxylic acid groups (broad SMARTS) is 1. The topological polar surface area (TPSA) is 50.2 Å². The maximum Gasteiger partial charge on any atom is 0.347 e. The van der Waals surface area contributed by atoms with Crippen LogP contribution in [-0.2, 0) is 0 Å². The van der Waals surface area contributed by atoms with E-state index in [0.717, 1.165) is 16.9 Å². The van der Waals surface area contributed by atoms with Gasteiger partial charge in [0.05, 0.1) is 5.69 Å². The lowest BCUT2D eigenvalue weighted by molar-refractivity contribution is 0.0700. The molecule has 0 bridgehead atoms. The number of carboxylic acids is 1. The standard InChI is InChI=1S/C14H14FNO2S/c1-7(2)11-12(14(17)18)19-13(16-11)10-6-9(15)5-4-8(10)3/h4-7H,1-3H3,(H,17,18). The lowest BCUT2D eigenvalue weighted by atomic mass is 10.1. The van der Waals surface area contributed by atoms with E-state index in [1.165, 1.54) is 12.1 Å². The number of benzene rings is 1. The maximum absolute atomic E-state index is 13.3. The van der Waals surface area contributed by atoms with Gasteiger partial charge < -0.3 is 5.11 Å². The SMILES string of the molecule is Cc1ccc(F)cc1-c1nc(C(C)C)c(C(=O)O)s1. The van der Waals surface area contributed by atoms with Crippen molar-refractivity contribution in [3.8, 4) is 10.6 Å². The fourth-order valence-electron chi connectivity index (χ4n) is 1.82. The molecule has 2 rings (SSSR count). The molecule has 0 spiro atoms. The van der Waals surface area contributed by atoms with Crippen LogP contribution in [0.15, 0.2) is 18.2 Å². The van der Waals surface area contributed by atoms with Crippen molar-refractivity contribution < 1.29 is 14.3 Å². The van der Waals surface area contributed by atoms with Gasteiger partial charge >= 0.3 is 5.97 Å². The molecule has 2 aromatic rings. The minimum atomic E-state index is -0.985. The summed E-state index contributed by atoms with van der Waals surface area (Å²) in [6, 6.07) is 4.44. The van der Waals surface area contributed by atoms with Gasteiger partial charge in [0.2, 0.25) is 0 Å². The van der Waals surface area contributed by atoms with Crippen molar-refractivity contribution in [2.45, 2.75) is 26.7 Å². The number of thiazole rings is 1. The zero-order valence-corrected chi connectivity index (χ0v) is 11.7. The molecule has 0 atom stereocenters. The van der Waals surface area contributed by atoms with Crippen molar-refractivity contribution in [3.63, 3.8) is 0 Å². The minimum absolute atomic E-state index is 0.0185. The highest BCUT2D eigenvalue weighted by molar-refractivity contribution is 7.17. The lowest BCUT2D eigenvalue weighted by Crippen LogP contribution is -2.00. The summed E-state index contributed by atoms with van der Waals surface area (Å²) in [4.78, 5) is 15.8. The molecule has 5 heteroatoms. The first kappa shape index (κ1) is 13.7. The van der Waals surface area contributed by atoms with Crippen molar-refractivity contribution in [2.75, 3.05) is 0 Å². The van der Waals surface area contributed by atoms with Crippen LogP contribution in [0.5, 0.6) is 0 Å². The average Bonchev–Trinajstić information content (AvgIpc) is 2.77. The molecular formula is C14H14FNO2S. The molecule has 0 radical (unpaired) electrons. The molecule has 0 aliphatic carbocycles. The van der Waals surface area contributed by atoms with E-state index in [-0.39, 0.29) is 16.6 Å². The molecule has 1 aromatic heterocycles. The number of carbonyl (C=O) groups is 1. The van der Waals surface area contributed by atoms with E-state index in [9.17, 15) is 14.3 Å². The van der Waals surface area contributed by atoms with Crippen molar-refractivity contribution in [2.24, 2.45) is 0 Å². The molecule has 0 aliphatic rings. The average molecular weight is 279 g/mol. The molecule has 1 N–H and O–H groups in total. The van der Waals surface area contributed by atoms with Crippen LogP contribution in [0.3, 0.4) is 0 Å². The van der Waals surface area contributed by atoms with Crippen LogP contribution in [0.2, 0.25) is 0 Å². The number of aromatic nitrogens is 1. The molecule has 0 amide bonds. The van der Waals surface area contributed by atoms with Gasteiger partial charge in [-0.25, -0.2) is 14.2 Å². The summed E-state index contributed by atoms with van der Waals surface area (Å²) < 4.78 is 13.3. The van der Waals surface area contributed by atoms with E-state index >= 15 is 0 Å². The molecular weight excluding hydrogens is 265 g/mol. The third kappa shape index (κ3) is 2.66. The van der Waals surface area contributed by atoms with E-state index in [0.29, 0.717) is 16.3 Å². The molecule has 0 aliphatic heterocycles. The zero-order chi connectivity index (χ0) is 14.2. The molecule has 0 saturated carbocycles. The Labute approximate surface area is 114 Å². The maximum atomic E-state index is 13.3. The minimum Gasteiger partial charge on any atom is -0.477 e. The first-order valence-corrected chi connectivity index (χ1v) is 6.72. The molecule has 0 fully saturated rings. The third-order valence-electron chi connectivity index (χ3n) is 2.82. The third-order valence-corrected chi connectivity index (χ3v) is 3.92. The summed E-state index contributed by atoms with van der Waals surface area (Å²) in [7, 11) is 0. The van der Waals surface area contributed by atoms with Crippen LogP contribution >= 0.6 is 11.3 Å². The Balaban J connectivity index is 2.60. The van der Waals surface area contributed by atoms with Crippen LogP contribution < -0.4 is 0 Å². The molecule has 3 nitrogen and oxygen atoms in total. The summed E-state index contributed by atoms with van der Waals surface area (Å²) in [5.74, 6) is -1.31. The fourth-order valence-corrected chi connectivity index (χ4v) is 2.96. The molecule has 1 aromatic carbocycles. The number of halogens is 1. The van der Waals surface area contributed by atoms with Gasteiger partial charge in [-0.3, -0.25) is 0 Å². The highest BCUT2D eigenvalue weighted by atomic mass is 32.1. The summed E-state index contributed by atoms with van der Waals surface area (Å²) in [6.45, 7) is 5.64. The number of hydrogen-bond acceptors (Lipinski definition) is 3. The first-order valence-electron chi connectivity index (χ1n) is 5.90. The second-order valence-corrected chi connectivity index (χ2v) is 5.65. The summed E-state index contributed by atoms with van der Waals surface area (Å²) >= 11 is 1.09. The first-order chi connectivity index (χ1) is 8.90. The van der Waals surface area contributed by atoms with Gasteiger partial charge in [-0.15, -0.1) is 11.3 Å². The number of aryl methyl sites for hydroxylation is 1. The monoisotopic (exact) mass is 279 g/mol. The second kappa shape index (κ2) is 5.09. The van der Waals surface area contributed by atoms with E-state index in [1.54, 1.807) is 6.07 Å². The molecule has 0 saturated heterocycles. The Hall–Kier alpha value is -1.75. The van der Waals surface area contributed by atoms with Crippen LogP contribution in [0.1, 0.15) is 40.7 Å². The summed E-state index contributed by atoms with van der Waals surface area (Å²) in [6.07, 6.45) is 0.